The topological polar surface area (TPSA) is 135 Å². The van der Waals surface area contributed by atoms with Gasteiger partial charge in [0.05, 0.1) is 37.1 Å². The Labute approximate surface area is 304 Å². The van der Waals surface area contributed by atoms with Crippen molar-refractivity contribution in [2.45, 2.75) is 63.6 Å². The molecule has 2 aliphatic carbocycles. The van der Waals surface area contributed by atoms with E-state index in [2.05, 4.69) is 15.6 Å². The Morgan fingerprint density at radius 1 is 0.942 bits per heavy atom. The summed E-state index contributed by atoms with van der Waals surface area (Å²) in [4.78, 5) is 19.8. The van der Waals surface area contributed by atoms with Gasteiger partial charge in [-0.1, -0.05) is 54.1 Å². The van der Waals surface area contributed by atoms with Crippen molar-refractivity contribution in [3.05, 3.63) is 87.4 Å². The van der Waals surface area contributed by atoms with Gasteiger partial charge in [-0.2, -0.15) is 18.2 Å². The first kappa shape index (κ1) is 37.3. The lowest BCUT2D eigenvalue weighted by Crippen LogP contribution is -2.44. The lowest BCUT2D eigenvalue weighted by Gasteiger charge is -2.41. The third-order valence-electron chi connectivity index (χ3n) is 9.49. The molecular weight excluding hydrogens is 701 g/mol. The molecule has 1 atom stereocenters. The number of methoxy groups -OCH3 is 2. The monoisotopic (exact) mass is 740 g/mol. The van der Waals surface area contributed by atoms with Gasteiger partial charge in [0.25, 0.3) is 0 Å². The first-order chi connectivity index (χ1) is 24.8. The van der Waals surface area contributed by atoms with E-state index in [1.807, 2.05) is 55.5 Å². The summed E-state index contributed by atoms with van der Waals surface area (Å²) in [5.74, 6) is -0.970. The van der Waals surface area contributed by atoms with Gasteiger partial charge < -0.3 is 35.1 Å². The minimum atomic E-state index is -4.79. The largest absolute Gasteiger partial charge is 0.481 e. The Morgan fingerprint density at radius 3 is 2.31 bits per heavy atom. The summed E-state index contributed by atoms with van der Waals surface area (Å²) in [7, 11) is 2.84. The number of alkyl halides is 3. The van der Waals surface area contributed by atoms with Gasteiger partial charge in [-0.3, -0.25) is 4.79 Å². The minimum Gasteiger partial charge on any atom is -0.481 e. The van der Waals surface area contributed by atoms with Crippen molar-refractivity contribution in [2.75, 3.05) is 27.3 Å². The van der Waals surface area contributed by atoms with Gasteiger partial charge in [0.2, 0.25) is 17.6 Å². The predicted molar refractivity (Wildman–Crippen MR) is 189 cm³/mol. The number of nitrogens with one attached hydrogen (secondary N) is 2. The second-order valence-electron chi connectivity index (χ2n) is 13.5. The lowest BCUT2D eigenvalue weighted by atomic mass is 9.72. The number of aromatic nitrogens is 2. The van der Waals surface area contributed by atoms with Crippen molar-refractivity contribution in [2.24, 2.45) is 5.92 Å². The molecule has 276 valence electrons. The standard InChI is InChI=1S/C38H40ClF3N4O6/c1-37(49)15-21(16-37)17-43-18-22-10-12-30(45-34(22)50-2)28-9-5-8-27(33(28)39)24-6-4-7-26-25(24)11-13-31(26)52-36-29(38(40,41)42)14-23(35(46-36)51-3)19-44-20-32(47)48/h4-10,12,14,21,31,43-44,49H,11,13,15-20H2,1-3H3,(H,47,48)/t21-,31-,37-/m0/s1. The number of benzene rings is 2. The Hall–Kier alpha value is -4.43. The molecule has 0 aliphatic heterocycles. The number of carboxylic acids is 1. The summed E-state index contributed by atoms with van der Waals surface area (Å²) in [5.41, 5.74) is 3.81. The van der Waals surface area contributed by atoms with Crippen LogP contribution in [0.15, 0.2) is 54.6 Å². The highest BCUT2D eigenvalue weighted by molar-refractivity contribution is 6.36. The summed E-state index contributed by atoms with van der Waals surface area (Å²) in [6.07, 6.45) is -3.04. The molecule has 4 N–H and O–H groups in total. The minimum absolute atomic E-state index is 0.0467. The van der Waals surface area contributed by atoms with Gasteiger partial charge in [-0.25, -0.2) is 4.98 Å². The smallest absolute Gasteiger partial charge is 0.421 e. The summed E-state index contributed by atoms with van der Waals surface area (Å²) in [5, 5.41) is 25.4. The number of carboxylic acid groups (broad SMARTS) is 1. The van der Waals surface area contributed by atoms with E-state index in [4.69, 9.17) is 35.9 Å². The number of rotatable bonds is 14. The van der Waals surface area contributed by atoms with Crippen molar-refractivity contribution in [1.82, 2.24) is 20.6 Å². The van der Waals surface area contributed by atoms with Crippen molar-refractivity contribution in [1.29, 1.82) is 0 Å². The van der Waals surface area contributed by atoms with Crippen LogP contribution in [0.25, 0.3) is 22.4 Å². The highest BCUT2D eigenvalue weighted by atomic mass is 35.5. The molecule has 6 rings (SSSR count). The normalized spacial score (nSPS) is 19.5. The van der Waals surface area contributed by atoms with Crippen LogP contribution in [-0.2, 0) is 30.5 Å². The van der Waals surface area contributed by atoms with E-state index in [-0.39, 0.29) is 18.0 Å². The van der Waals surface area contributed by atoms with Gasteiger partial charge in [-0.05, 0) is 73.9 Å². The fraction of sp³-hybridized carbons (Fsp3) is 0.395. The Kier molecular flexibility index (Phi) is 11.0. The SMILES string of the molecule is COc1nc(-c2cccc(-c3cccc4c3CC[C@@H]4Oc3nc(OC)c(CNCC(=O)O)cc3C(F)(F)F)c2Cl)ccc1CNC[C@H]1C[C@](C)(O)C1. The second kappa shape index (κ2) is 15.3. The van der Waals surface area contributed by atoms with Crippen LogP contribution in [-0.4, -0.2) is 59.1 Å². The molecule has 0 radical (unpaired) electrons. The molecule has 0 unspecified atom stereocenters. The molecule has 52 heavy (non-hydrogen) atoms. The molecule has 1 fully saturated rings. The Balaban J connectivity index is 1.24. The van der Waals surface area contributed by atoms with Crippen LogP contribution < -0.4 is 24.8 Å². The van der Waals surface area contributed by atoms with Crippen molar-refractivity contribution < 1.29 is 42.4 Å². The average molecular weight is 741 g/mol. The van der Waals surface area contributed by atoms with Crippen LogP contribution >= 0.6 is 11.6 Å². The number of aliphatic hydroxyl groups is 1. The van der Waals surface area contributed by atoms with Crippen molar-refractivity contribution >= 4 is 17.6 Å². The maximum Gasteiger partial charge on any atom is 0.421 e. The summed E-state index contributed by atoms with van der Waals surface area (Å²) in [6, 6.07) is 16.0. The van der Waals surface area contributed by atoms with Gasteiger partial charge >= 0.3 is 12.1 Å². The third-order valence-corrected chi connectivity index (χ3v) is 9.90. The molecule has 2 aromatic carbocycles. The zero-order valence-corrected chi connectivity index (χ0v) is 29.7. The molecule has 0 saturated heterocycles. The molecule has 4 aromatic rings. The molecular formula is C38H40ClF3N4O6. The molecule has 0 amide bonds. The summed E-state index contributed by atoms with van der Waals surface area (Å²) < 4.78 is 59.7. The van der Waals surface area contributed by atoms with Gasteiger partial charge in [0, 0.05) is 35.3 Å². The molecule has 10 nitrogen and oxygen atoms in total. The maximum atomic E-state index is 14.3. The molecule has 2 heterocycles. The van der Waals surface area contributed by atoms with Crippen LogP contribution in [0.1, 0.15) is 60.1 Å². The summed E-state index contributed by atoms with van der Waals surface area (Å²) >= 11 is 7.09. The van der Waals surface area contributed by atoms with E-state index in [9.17, 15) is 23.1 Å². The zero-order valence-electron chi connectivity index (χ0n) is 28.9. The van der Waals surface area contributed by atoms with Crippen LogP contribution in [0, 0.1) is 5.92 Å². The highest BCUT2D eigenvalue weighted by Crippen LogP contribution is 2.46. The molecule has 2 aliphatic rings. The molecule has 0 bridgehead atoms. The maximum absolute atomic E-state index is 14.3. The molecule has 14 heteroatoms. The number of pyridine rings is 2. The summed E-state index contributed by atoms with van der Waals surface area (Å²) in [6.45, 7) is 2.56. The van der Waals surface area contributed by atoms with Gasteiger partial charge in [0.15, 0.2) is 0 Å². The van der Waals surface area contributed by atoms with E-state index in [1.54, 1.807) is 7.11 Å². The van der Waals surface area contributed by atoms with Gasteiger partial charge in [-0.15, -0.1) is 0 Å². The number of fused-ring (bicyclic) bond motifs is 1. The first-order valence-corrected chi connectivity index (χ1v) is 17.3. The predicted octanol–water partition coefficient (Wildman–Crippen LogP) is 6.99. The van der Waals surface area contributed by atoms with E-state index < -0.39 is 41.8 Å². The van der Waals surface area contributed by atoms with E-state index in [1.165, 1.54) is 7.11 Å². The van der Waals surface area contributed by atoms with Crippen molar-refractivity contribution in [3.63, 3.8) is 0 Å². The number of hydrogen-bond acceptors (Lipinski definition) is 9. The number of hydrogen-bond donors (Lipinski definition) is 4. The molecule has 2 aromatic heterocycles. The lowest BCUT2D eigenvalue weighted by molar-refractivity contribution is -0.140. The number of halogens is 4. The van der Waals surface area contributed by atoms with Crippen LogP contribution in [0.3, 0.4) is 0 Å². The number of carbonyl (C=O) groups is 1. The number of aliphatic carboxylic acids is 1. The van der Waals surface area contributed by atoms with Gasteiger partial charge in [0.1, 0.15) is 11.7 Å². The second-order valence-corrected chi connectivity index (χ2v) is 13.8. The van der Waals surface area contributed by atoms with E-state index in [0.29, 0.717) is 47.5 Å². The van der Waals surface area contributed by atoms with Crippen LogP contribution in [0.5, 0.6) is 17.6 Å². The average Bonchev–Trinajstić information content (AvgIpc) is 3.50. The molecule has 0 spiro atoms. The van der Waals surface area contributed by atoms with E-state index >= 15 is 0 Å². The Morgan fingerprint density at radius 2 is 1.62 bits per heavy atom. The fourth-order valence-electron chi connectivity index (χ4n) is 7.16. The first-order valence-electron chi connectivity index (χ1n) is 16.9. The zero-order chi connectivity index (χ0) is 37.2. The number of nitrogens with zero attached hydrogens (tertiary/aromatic N) is 2. The third kappa shape index (κ3) is 8.12. The molecule has 1 saturated carbocycles. The van der Waals surface area contributed by atoms with Crippen molar-refractivity contribution in [3.8, 4) is 40.0 Å². The fourth-order valence-corrected chi connectivity index (χ4v) is 7.48. The quantitative estimate of drug-likeness (QED) is 0.107. The Bertz CT molecular complexity index is 1950. The number of ether oxygens (including phenoxy) is 3. The highest BCUT2D eigenvalue weighted by Gasteiger charge is 2.39. The van der Waals surface area contributed by atoms with Crippen LogP contribution in [0.2, 0.25) is 5.02 Å². The van der Waals surface area contributed by atoms with E-state index in [0.717, 1.165) is 53.3 Å². The van der Waals surface area contributed by atoms with Crippen LogP contribution in [0.4, 0.5) is 13.2 Å².